The predicted molar refractivity (Wildman–Crippen MR) is 247 cm³/mol. The van der Waals surface area contributed by atoms with Crippen LogP contribution in [0.5, 0.6) is 0 Å². The Morgan fingerprint density at radius 3 is 0.862 bits per heavy atom. The maximum absolute atomic E-state index is 12.8. The minimum Gasteiger partial charge on any atom is -0.462 e. The third-order valence-electron chi connectivity index (χ3n) is 11.2. The number of hydrogen-bond donors (Lipinski definition) is 0. The molecule has 340 valence electrons. The fraction of sp³-hybridized carbons (Fsp3) is 0.865. The summed E-state index contributed by atoms with van der Waals surface area (Å²) in [6.45, 7) is 6.62. The Morgan fingerprint density at radius 2 is 0.569 bits per heavy atom. The van der Waals surface area contributed by atoms with E-state index in [-0.39, 0.29) is 31.1 Å². The molecule has 0 aromatic rings. The molecule has 0 aliphatic carbocycles. The summed E-state index contributed by atoms with van der Waals surface area (Å²) in [6.07, 6.45) is 53.0. The van der Waals surface area contributed by atoms with Crippen molar-refractivity contribution in [3.63, 3.8) is 0 Å². The number of hydrogen-bond acceptors (Lipinski definition) is 6. The van der Waals surface area contributed by atoms with Gasteiger partial charge in [0.25, 0.3) is 0 Å². The summed E-state index contributed by atoms with van der Waals surface area (Å²) in [4.78, 5) is 37.8. The van der Waals surface area contributed by atoms with Crippen LogP contribution in [0.25, 0.3) is 0 Å². The third kappa shape index (κ3) is 45.0. The molecule has 0 aliphatic heterocycles. The van der Waals surface area contributed by atoms with Crippen molar-refractivity contribution in [3.05, 3.63) is 24.3 Å². The van der Waals surface area contributed by atoms with E-state index < -0.39 is 6.10 Å². The minimum absolute atomic E-state index is 0.0740. The number of unbranched alkanes of at least 4 members (excludes halogenated alkanes) is 31. The lowest BCUT2D eigenvalue weighted by Gasteiger charge is -2.18. The molecule has 0 rings (SSSR count). The van der Waals surface area contributed by atoms with Crippen LogP contribution in [-0.2, 0) is 28.6 Å². The second-order valence-corrected chi connectivity index (χ2v) is 17.1. The Balaban J connectivity index is 4.34. The molecule has 0 bridgehead atoms. The quantitative estimate of drug-likeness (QED) is 0.0263. The van der Waals surface area contributed by atoms with Gasteiger partial charge in [0, 0.05) is 19.3 Å². The summed E-state index contributed by atoms with van der Waals surface area (Å²) in [5, 5.41) is 0. The summed E-state index contributed by atoms with van der Waals surface area (Å²) in [5.74, 6) is -0.883. The van der Waals surface area contributed by atoms with Crippen LogP contribution in [-0.4, -0.2) is 37.2 Å². The molecular weight excluding hydrogens is 721 g/mol. The Morgan fingerprint density at radius 1 is 0.328 bits per heavy atom. The normalized spacial score (nSPS) is 12.1. The molecule has 0 aromatic heterocycles. The van der Waals surface area contributed by atoms with E-state index in [0.717, 1.165) is 70.6 Å². The van der Waals surface area contributed by atoms with Gasteiger partial charge in [-0.2, -0.15) is 0 Å². The number of esters is 3. The smallest absolute Gasteiger partial charge is 0.306 e. The lowest BCUT2D eigenvalue weighted by atomic mass is 10.1. The molecule has 0 amide bonds. The summed E-state index contributed by atoms with van der Waals surface area (Å²) >= 11 is 0. The average Bonchev–Trinajstić information content (AvgIpc) is 3.22. The number of ether oxygens (including phenoxy) is 3. The largest absolute Gasteiger partial charge is 0.462 e. The molecule has 6 heteroatoms. The topological polar surface area (TPSA) is 78.9 Å². The molecule has 1 atom stereocenters. The molecule has 0 spiro atoms. The monoisotopic (exact) mass is 817 g/mol. The molecule has 0 N–H and O–H groups in total. The van der Waals surface area contributed by atoms with E-state index >= 15 is 0 Å². The van der Waals surface area contributed by atoms with E-state index in [1.807, 2.05) is 0 Å². The van der Waals surface area contributed by atoms with Gasteiger partial charge in [0.05, 0.1) is 0 Å². The fourth-order valence-corrected chi connectivity index (χ4v) is 7.31. The van der Waals surface area contributed by atoms with E-state index in [9.17, 15) is 14.4 Å². The highest BCUT2D eigenvalue weighted by Crippen LogP contribution is 2.15. The predicted octanol–water partition coefficient (Wildman–Crippen LogP) is 16.4. The maximum Gasteiger partial charge on any atom is 0.306 e. The van der Waals surface area contributed by atoms with E-state index in [1.54, 1.807) is 0 Å². The standard InChI is InChI=1S/C52H96O6/c1-4-7-10-13-16-19-22-24-26-27-29-30-33-36-39-42-45-51(54)57-48-49(47-56-50(53)44-41-38-35-32-21-18-15-12-9-6-3)58-52(55)46-43-40-37-34-31-28-25-23-20-17-14-11-8-5-2/h23,25-27,49H,4-22,24,28-48H2,1-3H3/b25-23-,27-26-/t49-/m1/s1. The van der Waals surface area contributed by atoms with Gasteiger partial charge in [0.2, 0.25) is 0 Å². The van der Waals surface area contributed by atoms with E-state index in [2.05, 4.69) is 45.1 Å². The zero-order valence-corrected chi connectivity index (χ0v) is 38.8. The fourth-order valence-electron chi connectivity index (χ4n) is 7.31. The first-order chi connectivity index (χ1) is 28.5. The van der Waals surface area contributed by atoms with Crippen molar-refractivity contribution in [2.75, 3.05) is 13.2 Å². The number of rotatable bonds is 46. The number of allylic oxidation sites excluding steroid dienone is 4. The van der Waals surface area contributed by atoms with Gasteiger partial charge in [-0.05, 0) is 70.6 Å². The Hall–Kier alpha value is -2.11. The van der Waals surface area contributed by atoms with Gasteiger partial charge in [-0.15, -0.1) is 0 Å². The highest BCUT2D eigenvalue weighted by atomic mass is 16.6. The highest BCUT2D eigenvalue weighted by Gasteiger charge is 2.19. The lowest BCUT2D eigenvalue weighted by molar-refractivity contribution is -0.167. The van der Waals surface area contributed by atoms with Crippen molar-refractivity contribution < 1.29 is 28.6 Å². The van der Waals surface area contributed by atoms with Crippen LogP contribution in [0.3, 0.4) is 0 Å². The van der Waals surface area contributed by atoms with Crippen molar-refractivity contribution >= 4 is 17.9 Å². The maximum atomic E-state index is 12.8. The highest BCUT2D eigenvalue weighted by molar-refractivity contribution is 5.71. The SMILES string of the molecule is CCCCCCC/C=C\CCCCCCCC(=O)O[C@@H](COC(=O)CCCCCCC/C=C\CCCCCCCCC)COC(=O)CCCCCCCCCCCC. The van der Waals surface area contributed by atoms with Crippen molar-refractivity contribution in [2.45, 2.75) is 277 Å². The van der Waals surface area contributed by atoms with E-state index in [4.69, 9.17) is 14.2 Å². The van der Waals surface area contributed by atoms with Crippen molar-refractivity contribution in [3.8, 4) is 0 Å². The molecule has 0 unspecified atom stereocenters. The molecule has 6 nitrogen and oxygen atoms in total. The van der Waals surface area contributed by atoms with Gasteiger partial charge in [0.15, 0.2) is 6.10 Å². The second kappa shape index (κ2) is 47.6. The Labute approximate surface area is 360 Å². The Bertz CT molecular complexity index is 942. The van der Waals surface area contributed by atoms with E-state index in [0.29, 0.717) is 19.3 Å². The van der Waals surface area contributed by atoms with Crippen LogP contribution in [0.15, 0.2) is 24.3 Å². The lowest BCUT2D eigenvalue weighted by Crippen LogP contribution is -2.30. The summed E-state index contributed by atoms with van der Waals surface area (Å²) in [7, 11) is 0. The van der Waals surface area contributed by atoms with Gasteiger partial charge in [-0.1, -0.05) is 206 Å². The minimum atomic E-state index is -0.773. The van der Waals surface area contributed by atoms with Gasteiger partial charge in [-0.25, -0.2) is 0 Å². The first kappa shape index (κ1) is 55.9. The first-order valence-corrected chi connectivity index (χ1v) is 25.3. The molecule has 0 aliphatic rings. The molecule has 0 saturated heterocycles. The molecule has 58 heavy (non-hydrogen) atoms. The van der Waals surface area contributed by atoms with Crippen LogP contribution >= 0.6 is 0 Å². The van der Waals surface area contributed by atoms with Crippen LogP contribution in [0.1, 0.15) is 271 Å². The van der Waals surface area contributed by atoms with Crippen LogP contribution in [0.4, 0.5) is 0 Å². The molecule has 0 fully saturated rings. The number of carbonyl (C=O) groups is 3. The van der Waals surface area contributed by atoms with Crippen LogP contribution < -0.4 is 0 Å². The molecule has 0 radical (unpaired) electrons. The van der Waals surface area contributed by atoms with E-state index in [1.165, 1.54) is 161 Å². The van der Waals surface area contributed by atoms with Gasteiger partial charge >= 0.3 is 17.9 Å². The van der Waals surface area contributed by atoms with Crippen molar-refractivity contribution in [2.24, 2.45) is 0 Å². The summed E-state index contributed by atoms with van der Waals surface area (Å²) in [6, 6.07) is 0. The van der Waals surface area contributed by atoms with Gasteiger partial charge < -0.3 is 14.2 Å². The first-order valence-electron chi connectivity index (χ1n) is 25.3. The molecular formula is C52H96O6. The molecule has 0 heterocycles. The van der Waals surface area contributed by atoms with Gasteiger partial charge in [-0.3, -0.25) is 14.4 Å². The average molecular weight is 817 g/mol. The zero-order valence-electron chi connectivity index (χ0n) is 38.8. The molecule has 0 saturated carbocycles. The van der Waals surface area contributed by atoms with Crippen LogP contribution in [0.2, 0.25) is 0 Å². The van der Waals surface area contributed by atoms with Crippen LogP contribution in [0, 0.1) is 0 Å². The number of carbonyl (C=O) groups excluding carboxylic acids is 3. The Kier molecular flexibility index (Phi) is 45.8. The van der Waals surface area contributed by atoms with Gasteiger partial charge in [0.1, 0.15) is 13.2 Å². The third-order valence-corrected chi connectivity index (χ3v) is 11.2. The van der Waals surface area contributed by atoms with Crippen molar-refractivity contribution in [1.82, 2.24) is 0 Å². The van der Waals surface area contributed by atoms with Crippen molar-refractivity contribution in [1.29, 1.82) is 0 Å². The second-order valence-electron chi connectivity index (χ2n) is 17.1. The zero-order chi connectivity index (χ0) is 42.3. The molecule has 0 aromatic carbocycles. The summed E-state index contributed by atoms with van der Waals surface area (Å²) < 4.78 is 16.8. The summed E-state index contributed by atoms with van der Waals surface area (Å²) in [5.41, 5.74) is 0.